The minimum Gasteiger partial charge on any atom is -0.497 e. The third kappa shape index (κ3) is 3.99. The van der Waals surface area contributed by atoms with Crippen LogP contribution in [0.15, 0.2) is 42.5 Å². The highest BCUT2D eigenvalue weighted by molar-refractivity contribution is 5.40. The van der Waals surface area contributed by atoms with Crippen molar-refractivity contribution in [3.05, 3.63) is 59.2 Å². The lowest BCUT2D eigenvalue weighted by molar-refractivity contribution is 0.397. The standard InChI is InChI=1S/C18H23NO2/c1-13-4-6-14(7-5-13)17(19)10-8-15-12-16(20-2)9-11-18(15)21-3/h4-7,9,11-12,17H,8,10,19H2,1-3H3. The molecule has 2 aromatic rings. The molecule has 0 aliphatic heterocycles. The summed E-state index contributed by atoms with van der Waals surface area (Å²) in [6.07, 6.45) is 1.72. The maximum absolute atomic E-state index is 6.28. The second kappa shape index (κ2) is 7.14. The fraction of sp³-hybridized carbons (Fsp3) is 0.333. The van der Waals surface area contributed by atoms with E-state index in [1.807, 2.05) is 18.2 Å². The summed E-state index contributed by atoms with van der Waals surface area (Å²) in [4.78, 5) is 0. The third-order valence-corrected chi connectivity index (χ3v) is 3.72. The van der Waals surface area contributed by atoms with Crippen molar-refractivity contribution in [3.8, 4) is 11.5 Å². The average Bonchev–Trinajstić information content (AvgIpc) is 2.52. The van der Waals surface area contributed by atoms with E-state index in [9.17, 15) is 0 Å². The van der Waals surface area contributed by atoms with E-state index in [-0.39, 0.29) is 6.04 Å². The Morgan fingerprint density at radius 3 is 2.33 bits per heavy atom. The van der Waals surface area contributed by atoms with Crippen LogP contribution in [0.4, 0.5) is 0 Å². The summed E-state index contributed by atoms with van der Waals surface area (Å²) >= 11 is 0. The van der Waals surface area contributed by atoms with Gasteiger partial charge in [-0.15, -0.1) is 0 Å². The van der Waals surface area contributed by atoms with Crippen molar-refractivity contribution in [1.29, 1.82) is 0 Å². The number of nitrogens with two attached hydrogens (primary N) is 1. The maximum Gasteiger partial charge on any atom is 0.122 e. The van der Waals surface area contributed by atoms with E-state index < -0.39 is 0 Å². The Kier molecular flexibility index (Phi) is 5.23. The van der Waals surface area contributed by atoms with Crippen molar-refractivity contribution < 1.29 is 9.47 Å². The van der Waals surface area contributed by atoms with Gasteiger partial charge in [-0.3, -0.25) is 0 Å². The molecule has 0 aromatic heterocycles. The molecule has 0 saturated heterocycles. The minimum atomic E-state index is 0.0292. The van der Waals surface area contributed by atoms with Crippen LogP contribution in [-0.4, -0.2) is 14.2 Å². The van der Waals surface area contributed by atoms with E-state index in [1.165, 1.54) is 11.1 Å². The highest BCUT2D eigenvalue weighted by Gasteiger charge is 2.10. The Labute approximate surface area is 126 Å². The molecule has 2 aromatic carbocycles. The molecule has 0 radical (unpaired) electrons. The van der Waals surface area contributed by atoms with Gasteiger partial charge < -0.3 is 15.2 Å². The van der Waals surface area contributed by atoms with Crippen LogP contribution in [0.2, 0.25) is 0 Å². The molecule has 3 nitrogen and oxygen atoms in total. The molecule has 1 unspecified atom stereocenters. The molecule has 21 heavy (non-hydrogen) atoms. The molecule has 0 bridgehead atoms. The number of ether oxygens (including phenoxy) is 2. The van der Waals surface area contributed by atoms with Gasteiger partial charge in [-0.2, -0.15) is 0 Å². The maximum atomic E-state index is 6.28. The van der Waals surface area contributed by atoms with Gasteiger partial charge in [0.05, 0.1) is 14.2 Å². The molecule has 0 heterocycles. The normalized spacial score (nSPS) is 12.0. The summed E-state index contributed by atoms with van der Waals surface area (Å²) in [6.45, 7) is 2.08. The van der Waals surface area contributed by atoms with E-state index in [4.69, 9.17) is 15.2 Å². The summed E-state index contributed by atoms with van der Waals surface area (Å²) in [5, 5.41) is 0. The van der Waals surface area contributed by atoms with Gasteiger partial charge in [0.2, 0.25) is 0 Å². The lowest BCUT2D eigenvalue weighted by Crippen LogP contribution is -2.11. The van der Waals surface area contributed by atoms with Crippen LogP contribution in [0.25, 0.3) is 0 Å². The fourth-order valence-electron chi connectivity index (χ4n) is 2.37. The second-order valence-electron chi connectivity index (χ2n) is 5.23. The number of benzene rings is 2. The molecular formula is C18H23NO2. The molecule has 0 amide bonds. The molecule has 0 aliphatic carbocycles. The molecule has 112 valence electrons. The van der Waals surface area contributed by atoms with Crippen LogP contribution in [0, 0.1) is 6.92 Å². The average molecular weight is 285 g/mol. The number of rotatable bonds is 6. The van der Waals surface area contributed by atoms with Crippen molar-refractivity contribution >= 4 is 0 Å². The van der Waals surface area contributed by atoms with Crippen LogP contribution in [0.5, 0.6) is 11.5 Å². The summed E-state index contributed by atoms with van der Waals surface area (Å²) in [7, 11) is 3.36. The minimum absolute atomic E-state index is 0.0292. The molecule has 3 heteroatoms. The van der Waals surface area contributed by atoms with Crippen molar-refractivity contribution in [1.82, 2.24) is 0 Å². The van der Waals surface area contributed by atoms with E-state index in [1.54, 1.807) is 14.2 Å². The van der Waals surface area contributed by atoms with E-state index >= 15 is 0 Å². The molecular weight excluding hydrogens is 262 g/mol. The van der Waals surface area contributed by atoms with Crippen molar-refractivity contribution in [2.45, 2.75) is 25.8 Å². The summed E-state index contributed by atoms with van der Waals surface area (Å²) in [5.74, 6) is 1.72. The first-order valence-electron chi connectivity index (χ1n) is 7.17. The van der Waals surface area contributed by atoms with Crippen molar-refractivity contribution in [3.63, 3.8) is 0 Å². The highest BCUT2D eigenvalue weighted by Crippen LogP contribution is 2.27. The van der Waals surface area contributed by atoms with Crippen molar-refractivity contribution in [2.24, 2.45) is 5.73 Å². The first kappa shape index (κ1) is 15.4. The van der Waals surface area contributed by atoms with Gasteiger partial charge in [0.15, 0.2) is 0 Å². The first-order chi connectivity index (χ1) is 10.1. The van der Waals surface area contributed by atoms with Crippen LogP contribution < -0.4 is 15.2 Å². The molecule has 0 fully saturated rings. The topological polar surface area (TPSA) is 44.5 Å². The lowest BCUT2D eigenvalue weighted by atomic mass is 9.98. The van der Waals surface area contributed by atoms with Crippen LogP contribution in [0.1, 0.15) is 29.2 Å². The van der Waals surface area contributed by atoms with Gasteiger partial charge in [0, 0.05) is 6.04 Å². The number of methoxy groups -OCH3 is 2. The molecule has 0 spiro atoms. The number of aryl methyl sites for hydroxylation is 2. The Morgan fingerprint density at radius 1 is 1.00 bits per heavy atom. The van der Waals surface area contributed by atoms with Crippen LogP contribution in [-0.2, 0) is 6.42 Å². The largest absolute Gasteiger partial charge is 0.497 e. The van der Waals surface area contributed by atoms with Crippen LogP contribution in [0.3, 0.4) is 0 Å². The van der Waals surface area contributed by atoms with Gasteiger partial charge >= 0.3 is 0 Å². The van der Waals surface area contributed by atoms with E-state index in [0.717, 1.165) is 29.9 Å². The molecule has 0 saturated carbocycles. The Bertz CT molecular complexity index is 578. The Morgan fingerprint density at radius 2 is 1.71 bits per heavy atom. The first-order valence-corrected chi connectivity index (χ1v) is 7.17. The van der Waals surface area contributed by atoms with Gasteiger partial charge in [0.25, 0.3) is 0 Å². The zero-order valence-electron chi connectivity index (χ0n) is 12.9. The molecule has 1 atom stereocenters. The van der Waals surface area contributed by atoms with Gasteiger partial charge in [0.1, 0.15) is 11.5 Å². The smallest absolute Gasteiger partial charge is 0.122 e. The van der Waals surface area contributed by atoms with Crippen LogP contribution >= 0.6 is 0 Å². The Balaban J connectivity index is 2.06. The monoisotopic (exact) mass is 285 g/mol. The zero-order valence-corrected chi connectivity index (χ0v) is 12.9. The second-order valence-corrected chi connectivity index (χ2v) is 5.23. The van der Waals surface area contributed by atoms with Gasteiger partial charge in [-0.1, -0.05) is 29.8 Å². The van der Waals surface area contributed by atoms with E-state index in [0.29, 0.717) is 0 Å². The summed E-state index contributed by atoms with van der Waals surface area (Å²) in [5.41, 5.74) is 9.83. The Hall–Kier alpha value is -2.00. The van der Waals surface area contributed by atoms with Crippen molar-refractivity contribution in [2.75, 3.05) is 14.2 Å². The number of hydrogen-bond acceptors (Lipinski definition) is 3. The van der Waals surface area contributed by atoms with Gasteiger partial charge in [-0.25, -0.2) is 0 Å². The highest BCUT2D eigenvalue weighted by atomic mass is 16.5. The third-order valence-electron chi connectivity index (χ3n) is 3.72. The number of hydrogen-bond donors (Lipinski definition) is 1. The molecule has 0 aliphatic rings. The van der Waals surface area contributed by atoms with Gasteiger partial charge in [-0.05, 0) is 49.1 Å². The quantitative estimate of drug-likeness (QED) is 0.881. The predicted molar refractivity (Wildman–Crippen MR) is 86.0 cm³/mol. The summed E-state index contributed by atoms with van der Waals surface area (Å²) < 4.78 is 10.7. The molecule has 2 N–H and O–H groups in total. The predicted octanol–water partition coefficient (Wildman–Crippen LogP) is 3.64. The fourth-order valence-corrected chi connectivity index (χ4v) is 2.37. The van der Waals surface area contributed by atoms with E-state index in [2.05, 4.69) is 31.2 Å². The SMILES string of the molecule is COc1ccc(OC)c(CCC(N)c2ccc(C)cc2)c1. The summed E-state index contributed by atoms with van der Waals surface area (Å²) in [6, 6.07) is 14.3. The zero-order chi connectivity index (χ0) is 15.2. The lowest BCUT2D eigenvalue weighted by Gasteiger charge is -2.14. The molecule has 2 rings (SSSR count).